The Hall–Kier alpha value is -3.05. The number of aromatic amines is 1. The van der Waals surface area contributed by atoms with Crippen molar-refractivity contribution in [3.05, 3.63) is 36.0 Å². The van der Waals surface area contributed by atoms with Crippen LogP contribution < -0.4 is 21.3 Å². The number of thiol groups is 1. The van der Waals surface area contributed by atoms with E-state index in [2.05, 4.69) is 38.9 Å². The number of para-hydroxylation sites is 1. The van der Waals surface area contributed by atoms with E-state index in [0.717, 1.165) is 29.4 Å². The molecule has 0 bridgehead atoms. The predicted octanol–water partition coefficient (Wildman–Crippen LogP) is 0.587. The normalized spacial score (nSPS) is 18.1. The number of hydrogen-bond acceptors (Lipinski definition) is 6. The topological polar surface area (TPSA) is 152 Å². The molecule has 2 aromatic rings. The van der Waals surface area contributed by atoms with Gasteiger partial charge in [0.2, 0.25) is 17.7 Å². The Morgan fingerprint density at radius 3 is 2.46 bits per heavy atom. The number of carbonyl (C=O) groups excluding carboxylic acids is 3. The van der Waals surface area contributed by atoms with Gasteiger partial charge in [-0.15, -0.1) is 0 Å². The lowest BCUT2D eigenvalue weighted by atomic mass is 10.0. The average molecular weight is 504 g/mol. The smallest absolute Gasteiger partial charge is 0.326 e. The lowest BCUT2D eigenvalue weighted by Gasteiger charge is -2.26. The molecule has 0 saturated carbocycles. The van der Waals surface area contributed by atoms with E-state index in [4.69, 9.17) is 0 Å². The molecule has 0 spiro atoms. The summed E-state index contributed by atoms with van der Waals surface area (Å²) in [6, 6.07) is 4.05. The number of H-pyrrole nitrogens is 1. The Bertz CT molecular complexity index is 1070. The molecule has 0 aliphatic carbocycles. The first-order valence-electron chi connectivity index (χ1n) is 11.7. The Balaban J connectivity index is 1.66. The molecule has 3 amide bonds. The summed E-state index contributed by atoms with van der Waals surface area (Å²) in [5, 5.41) is 21.6. The number of amides is 3. The molecule has 2 heterocycles. The summed E-state index contributed by atoms with van der Waals surface area (Å²) < 4.78 is 0. The van der Waals surface area contributed by atoms with Crippen molar-refractivity contribution in [2.24, 2.45) is 5.92 Å². The van der Waals surface area contributed by atoms with Crippen molar-refractivity contribution in [2.45, 2.75) is 57.3 Å². The van der Waals surface area contributed by atoms with Gasteiger partial charge in [-0.25, -0.2) is 4.79 Å². The number of carboxylic acids is 1. The molecule has 0 radical (unpaired) electrons. The third kappa shape index (κ3) is 6.76. The molecule has 6 N–H and O–H groups in total. The van der Waals surface area contributed by atoms with E-state index in [1.165, 1.54) is 0 Å². The summed E-state index contributed by atoms with van der Waals surface area (Å²) in [5.74, 6) is -2.90. The summed E-state index contributed by atoms with van der Waals surface area (Å²) in [7, 11) is 0. The first-order chi connectivity index (χ1) is 16.7. The summed E-state index contributed by atoms with van der Waals surface area (Å²) in [6.07, 6.45) is 3.38. The highest BCUT2D eigenvalue weighted by atomic mass is 32.1. The van der Waals surface area contributed by atoms with Crippen molar-refractivity contribution in [3.8, 4) is 0 Å². The van der Waals surface area contributed by atoms with E-state index in [1.54, 1.807) is 20.0 Å². The Labute approximate surface area is 209 Å². The van der Waals surface area contributed by atoms with Crippen LogP contribution >= 0.6 is 12.6 Å². The minimum Gasteiger partial charge on any atom is -0.480 e. The highest BCUT2D eigenvalue weighted by molar-refractivity contribution is 7.80. The van der Waals surface area contributed by atoms with Crippen molar-refractivity contribution in [2.75, 3.05) is 12.3 Å². The largest absolute Gasteiger partial charge is 0.480 e. The molecule has 10 nitrogen and oxygen atoms in total. The van der Waals surface area contributed by atoms with Gasteiger partial charge in [-0.2, -0.15) is 12.6 Å². The van der Waals surface area contributed by atoms with Crippen LogP contribution in [0.15, 0.2) is 30.5 Å². The third-order valence-corrected chi connectivity index (χ3v) is 6.52. The zero-order chi connectivity index (χ0) is 25.5. The molecule has 190 valence electrons. The quantitative estimate of drug-likeness (QED) is 0.223. The fourth-order valence-corrected chi connectivity index (χ4v) is 4.40. The van der Waals surface area contributed by atoms with E-state index in [9.17, 15) is 24.3 Å². The number of rotatable bonds is 11. The Morgan fingerprint density at radius 2 is 1.83 bits per heavy atom. The zero-order valence-corrected chi connectivity index (χ0v) is 20.7. The van der Waals surface area contributed by atoms with Crippen LogP contribution in [-0.4, -0.2) is 70.2 Å². The van der Waals surface area contributed by atoms with E-state index in [0.29, 0.717) is 6.42 Å². The molecule has 1 aromatic carbocycles. The SMILES string of the molecule is CC(C)C(NC(=O)C(CS)NC(=O)C1CCCN1)C(=O)NC(Cc1c[nH]c2ccccc12)C(=O)O. The van der Waals surface area contributed by atoms with Crippen molar-refractivity contribution in [1.82, 2.24) is 26.3 Å². The molecule has 4 unspecified atom stereocenters. The number of hydrogen-bond donors (Lipinski definition) is 7. The minimum atomic E-state index is -1.19. The van der Waals surface area contributed by atoms with E-state index in [1.807, 2.05) is 24.3 Å². The van der Waals surface area contributed by atoms with Crippen molar-refractivity contribution in [3.63, 3.8) is 0 Å². The van der Waals surface area contributed by atoms with Crippen LogP contribution in [0.5, 0.6) is 0 Å². The van der Waals surface area contributed by atoms with Crippen LogP contribution in [0.4, 0.5) is 0 Å². The third-order valence-electron chi connectivity index (χ3n) is 6.15. The molecule has 1 aliphatic heterocycles. The van der Waals surface area contributed by atoms with Crippen molar-refractivity contribution in [1.29, 1.82) is 0 Å². The van der Waals surface area contributed by atoms with E-state index >= 15 is 0 Å². The van der Waals surface area contributed by atoms with Gasteiger partial charge in [-0.1, -0.05) is 32.0 Å². The van der Waals surface area contributed by atoms with Crippen molar-refractivity contribution < 1.29 is 24.3 Å². The molecule has 1 aliphatic rings. The van der Waals surface area contributed by atoms with Gasteiger partial charge in [-0.3, -0.25) is 14.4 Å². The fourth-order valence-electron chi connectivity index (χ4n) is 4.15. The second-order valence-electron chi connectivity index (χ2n) is 9.09. The number of aliphatic carboxylic acids is 1. The van der Waals surface area contributed by atoms with Crippen LogP contribution in [0.1, 0.15) is 32.3 Å². The highest BCUT2D eigenvalue weighted by Gasteiger charge is 2.32. The first kappa shape index (κ1) is 26.6. The minimum absolute atomic E-state index is 0.0506. The maximum Gasteiger partial charge on any atom is 0.326 e. The lowest BCUT2D eigenvalue weighted by Crippen LogP contribution is -2.59. The fraction of sp³-hybridized carbons (Fsp3) is 0.500. The summed E-state index contributed by atoms with van der Waals surface area (Å²) in [5.41, 5.74) is 1.63. The predicted molar refractivity (Wildman–Crippen MR) is 135 cm³/mol. The van der Waals surface area contributed by atoms with Gasteiger partial charge in [0, 0.05) is 29.3 Å². The first-order valence-corrected chi connectivity index (χ1v) is 12.4. The lowest BCUT2D eigenvalue weighted by molar-refractivity contribution is -0.142. The van der Waals surface area contributed by atoms with Gasteiger partial charge in [0.1, 0.15) is 18.1 Å². The Kier molecular flexibility index (Phi) is 9.16. The Morgan fingerprint density at radius 1 is 1.09 bits per heavy atom. The van der Waals surface area contributed by atoms with E-state index < -0.39 is 35.9 Å². The standard InChI is InChI=1S/C24H33N5O5S/c1-13(2)20(29-22(31)19(12-35)28-21(30)17-8-5-9-25-17)23(32)27-18(24(33)34)10-14-11-26-16-7-4-3-6-15(14)16/h3-4,6-7,11,13,17-20,25-26,35H,5,8-10,12H2,1-2H3,(H,27,32)(H,28,30)(H,29,31)(H,33,34). The molecule has 3 rings (SSSR count). The molecule has 1 aromatic heterocycles. The van der Waals surface area contributed by atoms with Gasteiger partial charge in [0.05, 0.1) is 6.04 Å². The average Bonchev–Trinajstić information content (AvgIpc) is 3.50. The van der Waals surface area contributed by atoms with Crippen LogP contribution in [0.2, 0.25) is 0 Å². The molecule has 4 atom stereocenters. The molecule has 1 saturated heterocycles. The summed E-state index contributed by atoms with van der Waals surface area (Å²) in [4.78, 5) is 53.4. The monoisotopic (exact) mass is 503 g/mol. The number of carboxylic acid groups (broad SMARTS) is 1. The molecular formula is C24H33N5O5S. The van der Waals surface area contributed by atoms with Crippen LogP contribution in [0.25, 0.3) is 10.9 Å². The molecule has 11 heteroatoms. The van der Waals surface area contributed by atoms with Gasteiger partial charge in [0.15, 0.2) is 0 Å². The zero-order valence-electron chi connectivity index (χ0n) is 19.8. The number of benzene rings is 1. The maximum absolute atomic E-state index is 13.1. The molecule has 35 heavy (non-hydrogen) atoms. The molecular weight excluding hydrogens is 470 g/mol. The number of aromatic nitrogens is 1. The highest BCUT2D eigenvalue weighted by Crippen LogP contribution is 2.19. The van der Waals surface area contributed by atoms with Gasteiger partial charge >= 0.3 is 5.97 Å². The van der Waals surface area contributed by atoms with Crippen LogP contribution in [0, 0.1) is 5.92 Å². The maximum atomic E-state index is 13.1. The van der Waals surface area contributed by atoms with Crippen LogP contribution in [-0.2, 0) is 25.6 Å². The van der Waals surface area contributed by atoms with Gasteiger partial charge in [-0.05, 0) is 36.9 Å². The van der Waals surface area contributed by atoms with Crippen molar-refractivity contribution >= 4 is 47.2 Å². The van der Waals surface area contributed by atoms with Gasteiger partial charge in [0.25, 0.3) is 0 Å². The number of carbonyl (C=O) groups is 4. The van der Waals surface area contributed by atoms with Gasteiger partial charge < -0.3 is 31.4 Å². The second-order valence-corrected chi connectivity index (χ2v) is 9.45. The van der Waals surface area contributed by atoms with E-state index in [-0.39, 0.29) is 30.0 Å². The number of nitrogens with one attached hydrogen (secondary N) is 5. The number of fused-ring (bicyclic) bond motifs is 1. The summed E-state index contributed by atoms with van der Waals surface area (Å²) >= 11 is 4.18. The molecule has 1 fully saturated rings. The summed E-state index contributed by atoms with van der Waals surface area (Å²) in [6.45, 7) is 4.24. The van der Waals surface area contributed by atoms with Crippen LogP contribution in [0.3, 0.4) is 0 Å². The second kappa shape index (κ2) is 12.1.